The second-order valence-corrected chi connectivity index (χ2v) is 6.75. The van der Waals surface area contributed by atoms with Crippen molar-refractivity contribution in [1.82, 2.24) is 19.8 Å². The van der Waals surface area contributed by atoms with Gasteiger partial charge in [0.2, 0.25) is 0 Å². The van der Waals surface area contributed by atoms with Crippen molar-refractivity contribution in [1.29, 1.82) is 0 Å². The van der Waals surface area contributed by atoms with E-state index in [9.17, 15) is 13.6 Å². The van der Waals surface area contributed by atoms with Crippen LogP contribution in [0.2, 0.25) is 0 Å². The highest BCUT2D eigenvalue weighted by Gasteiger charge is 2.26. The van der Waals surface area contributed by atoms with Crippen molar-refractivity contribution in [3.05, 3.63) is 39.9 Å². The lowest BCUT2D eigenvalue weighted by Gasteiger charge is -2.31. The van der Waals surface area contributed by atoms with E-state index in [0.717, 1.165) is 57.6 Å². The molecule has 0 radical (unpaired) electrons. The predicted molar refractivity (Wildman–Crippen MR) is 98.3 cm³/mol. The number of hydrogen-bond donors (Lipinski definition) is 1. The van der Waals surface area contributed by atoms with Gasteiger partial charge in [0, 0.05) is 32.2 Å². The van der Waals surface area contributed by atoms with Gasteiger partial charge in [-0.3, -0.25) is 14.3 Å². The zero-order chi connectivity index (χ0) is 18.7. The fraction of sp³-hybridized carbons (Fsp3) is 0.579. The highest BCUT2D eigenvalue weighted by atomic mass is 19.1. The maximum atomic E-state index is 14.3. The molecule has 5 nitrogen and oxygen atoms in total. The molecule has 142 valence electrons. The van der Waals surface area contributed by atoms with E-state index in [1.54, 1.807) is 4.57 Å². The van der Waals surface area contributed by atoms with E-state index in [2.05, 4.69) is 22.1 Å². The van der Waals surface area contributed by atoms with E-state index in [4.69, 9.17) is 0 Å². The number of nitrogens with zero attached hydrogens (tertiary/aromatic N) is 3. The van der Waals surface area contributed by atoms with Crippen LogP contribution in [0.4, 0.5) is 8.78 Å². The summed E-state index contributed by atoms with van der Waals surface area (Å²) >= 11 is 0. The lowest BCUT2D eigenvalue weighted by molar-refractivity contribution is 0.185. The topological polar surface area (TPSA) is 50.2 Å². The lowest BCUT2D eigenvalue weighted by atomic mass is 10.1. The van der Waals surface area contributed by atoms with Gasteiger partial charge in [-0.15, -0.1) is 0 Å². The van der Waals surface area contributed by atoms with E-state index >= 15 is 0 Å². The van der Waals surface area contributed by atoms with Crippen LogP contribution in [-0.4, -0.2) is 40.6 Å². The first kappa shape index (κ1) is 18.9. The highest BCUT2D eigenvalue weighted by molar-refractivity contribution is 5.78. The zero-order valence-corrected chi connectivity index (χ0v) is 15.4. The van der Waals surface area contributed by atoms with Crippen molar-refractivity contribution < 1.29 is 8.78 Å². The van der Waals surface area contributed by atoms with E-state index in [-0.39, 0.29) is 22.5 Å². The van der Waals surface area contributed by atoms with Crippen LogP contribution < -0.4 is 10.9 Å². The van der Waals surface area contributed by atoms with Crippen LogP contribution in [-0.2, 0) is 6.54 Å². The summed E-state index contributed by atoms with van der Waals surface area (Å²) < 4.78 is 29.5. The molecule has 1 fully saturated rings. The van der Waals surface area contributed by atoms with Gasteiger partial charge >= 0.3 is 0 Å². The van der Waals surface area contributed by atoms with Gasteiger partial charge in [0.15, 0.2) is 5.82 Å². The molecule has 0 spiro atoms. The van der Waals surface area contributed by atoms with E-state index in [1.807, 2.05) is 6.92 Å². The van der Waals surface area contributed by atoms with E-state index in [1.165, 1.54) is 0 Å². The Morgan fingerprint density at radius 2 is 2.04 bits per heavy atom. The van der Waals surface area contributed by atoms with Crippen LogP contribution in [0.5, 0.6) is 0 Å². The molecule has 1 N–H and O–H groups in total. The monoisotopic (exact) mass is 364 g/mol. The fourth-order valence-corrected chi connectivity index (χ4v) is 3.75. The van der Waals surface area contributed by atoms with Gasteiger partial charge in [-0.05, 0) is 32.4 Å². The Morgan fingerprint density at radius 3 is 2.77 bits per heavy atom. The standard InChI is InChI=1S/C19H26F2N4O/c1-3-6-16(24-9-5-7-22-8-10-24)18-23-17-14(19(26)25(18)4-2)11-13(20)12-15(17)21/h11-12,16,22H,3-10H2,1-2H3. The van der Waals surface area contributed by atoms with Gasteiger partial charge in [0.05, 0.1) is 11.4 Å². The third-order valence-corrected chi connectivity index (χ3v) is 5.00. The molecule has 0 aliphatic carbocycles. The molecule has 0 saturated carbocycles. The molecular weight excluding hydrogens is 338 g/mol. The molecule has 1 aromatic carbocycles. The average molecular weight is 364 g/mol. The second kappa shape index (κ2) is 8.22. The Balaban J connectivity index is 2.18. The van der Waals surface area contributed by atoms with Crippen molar-refractivity contribution >= 4 is 10.9 Å². The first-order chi connectivity index (χ1) is 12.6. The van der Waals surface area contributed by atoms with Crippen molar-refractivity contribution in [2.45, 2.75) is 45.7 Å². The van der Waals surface area contributed by atoms with Crippen molar-refractivity contribution in [2.24, 2.45) is 0 Å². The summed E-state index contributed by atoms with van der Waals surface area (Å²) in [5.74, 6) is -0.957. The Kier molecular flexibility index (Phi) is 5.98. The smallest absolute Gasteiger partial charge is 0.261 e. The minimum absolute atomic E-state index is 0.000816. The van der Waals surface area contributed by atoms with Gasteiger partial charge < -0.3 is 5.32 Å². The summed E-state index contributed by atoms with van der Waals surface area (Å²) in [5, 5.41) is 3.38. The zero-order valence-electron chi connectivity index (χ0n) is 15.4. The third kappa shape index (κ3) is 3.64. The number of halogens is 2. The molecule has 1 aromatic heterocycles. The van der Waals surface area contributed by atoms with Crippen LogP contribution in [0.3, 0.4) is 0 Å². The van der Waals surface area contributed by atoms with E-state index in [0.29, 0.717) is 12.4 Å². The second-order valence-electron chi connectivity index (χ2n) is 6.75. The van der Waals surface area contributed by atoms with Crippen LogP contribution in [0.1, 0.15) is 45.0 Å². The number of aromatic nitrogens is 2. The molecule has 1 saturated heterocycles. The molecule has 1 atom stereocenters. The third-order valence-electron chi connectivity index (χ3n) is 5.00. The molecule has 1 aliphatic heterocycles. The molecule has 2 heterocycles. The largest absolute Gasteiger partial charge is 0.315 e. The molecule has 0 amide bonds. The highest BCUT2D eigenvalue weighted by Crippen LogP contribution is 2.26. The van der Waals surface area contributed by atoms with Gasteiger partial charge in [-0.2, -0.15) is 0 Å². The number of benzene rings is 1. The summed E-state index contributed by atoms with van der Waals surface area (Å²) in [4.78, 5) is 19.8. The Bertz CT molecular complexity index is 828. The maximum Gasteiger partial charge on any atom is 0.261 e. The summed E-state index contributed by atoms with van der Waals surface area (Å²) in [6, 6.07) is 1.81. The Hall–Kier alpha value is -1.86. The molecule has 7 heteroatoms. The molecule has 3 rings (SSSR count). The molecule has 26 heavy (non-hydrogen) atoms. The van der Waals surface area contributed by atoms with Gasteiger partial charge in [0.25, 0.3) is 5.56 Å². The summed E-state index contributed by atoms with van der Waals surface area (Å²) in [6.07, 6.45) is 2.78. The maximum absolute atomic E-state index is 14.3. The Morgan fingerprint density at radius 1 is 1.23 bits per heavy atom. The van der Waals surface area contributed by atoms with Crippen LogP contribution in [0.25, 0.3) is 10.9 Å². The van der Waals surface area contributed by atoms with Gasteiger partial charge in [-0.1, -0.05) is 13.3 Å². The number of rotatable bonds is 5. The normalized spacial score (nSPS) is 17.4. The van der Waals surface area contributed by atoms with Crippen molar-refractivity contribution in [3.8, 4) is 0 Å². The average Bonchev–Trinajstić information content (AvgIpc) is 2.89. The number of nitrogens with one attached hydrogen (secondary N) is 1. The molecule has 2 aromatic rings. The predicted octanol–water partition coefficient (Wildman–Crippen LogP) is 2.83. The van der Waals surface area contributed by atoms with Crippen LogP contribution in [0, 0.1) is 11.6 Å². The number of hydrogen-bond acceptors (Lipinski definition) is 4. The molecule has 1 aliphatic rings. The minimum Gasteiger partial charge on any atom is -0.315 e. The molecule has 0 bridgehead atoms. The van der Waals surface area contributed by atoms with Crippen molar-refractivity contribution in [3.63, 3.8) is 0 Å². The first-order valence-corrected chi connectivity index (χ1v) is 9.41. The summed E-state index contributed by atoms with van der Waals surface area (Å²) in [6.45, 7) is 7.98. The van der Waals surface area contributed by atoms with Crippen molar-refractivity contribution in [2.75, 3.05) is 26.2 Å². The quantitative estimate of drug-likeness (QED) is 0.886. The SMILES string of the molecule is CCCC(c1nc2c(F)cc(F)cc2c(=O)n1CC)N1CCCNCC1. The lowest BCUT2D eigenvalue weighted by Crippen LogP contribution is -2.37. The minimum atomic E-state index is -0.783. The van der Waals surface area contributed by atoms with Gasteiger partial charge in [0.1, 0.15) is 17.2 Å². The number of fused-ring (bicyclic) bond motifs is 1. The van der Waals surface area contributed by atoms with Gasteiger partial charge in [-0.25, -0.2) is 13.8 Å². The van der Waals surface area contributed by atoms with E-state index < -0.39 is 11.6 Å². The van der Waals surface area contributed by atoms with Crippen LogP contribution in [0.15, 0.2) is 16.9 Å². The van der Waals surface area contributed by atoms with Crippen LogP contribution >= 0.6 is 0 Å². The molecular formula is C19H26F2N4O. The Labute approximate surface area is 152 Å². The summed E-state index contributed by atoms with van der Waals surface area (Å²) in [5.41, 5.74) is -0.412. The fourth-order valence-electron chi connectivity index (χ4n) is 3.75. The summed E-state index contributed by atoms with van der Waals surface area (Å²) in [7, 11) is 0. The first-order valence-electron chi connectivity index (χ1n) is 9.41. The molecule has 1 unspecified atom stereocenters.